The fourth-order valence-electron chi connectivity index (χ4n) is 2.55. The van der Waals surface area contributed by atoms with E-state index in [2.05, 4.69) is 27.5 Å². The molecule has 6 heteroatoms. The minimum Gasteiger partial charge on any atom is -0.486 e. The Balaban J connectivity index is 1.51. The van der Waals surface area contributed by atoms with Crippen LogP contribution in [0.4, 0.5) is 0 Å². The highest BCUT2D eigenvalue weighted by atomic mass is 35.5. The van der Waals surface area contributed by atoms with Gasteiger partial charge in [0.05, 0.1) is 5.69 Å². The van der Waals surface area contributed by atoms with Crippen molar-refractivity contribution >= 4 is 22.9 Å². The third-order valence-corrected chi connectivity index (χ3v) is 4.74. The van der Waals surface area contributed by atoms with Crippen LogP contribution in [0.25, 0.3) is 0 Å². The number of hydrogen-bond donors (Lipinski definition) is 1. The molecule has 118 valence electrons. The van der Waals surface area contributed by atoms with E-state index in [4.69, 9.17) is 16.3 Å². The maximum absolute atomic E-state index is 5.86. The molecule has 0 unspecified atom stereocenters. The summed E-state index contributed by atoms with van der Waals surface area (Å²) in [5.74, 6) is 0.817. The summed E-state index contributed by atoms with van der Waals surface area (Å²) in [6.45, 7) is 6.86. The van der Waals surface area contributed by atoms with Crippen LogP contribution in [-0.2, 0) is 13.2 Å². The second kappa shape index (κ2) is 7.42. The lowest BCUT2D eigenvalue weighted by molar-refractivity contribution is 0.197. The minimum atomic E-state index is 0.504. The standard InChI is InChI=1S/C16H20ClN3OS/c1-12-8-20(7-6-18-12)9-14-11-22-16(19-14)10-21-15-4-2-13(17)3-5-15/h2-5,11-12,18H,6-10H2,1H3/t12-/m0/s1. The Hall–Kier alpha value is -1.14. The SMILES string of the molecule is C[C@H]1CN(Cc2csc(COc3ccc(Cl)cc3)n2)CCN1. The summed E-state index contributed by atoms with van der Waals surface area (Å²) >= 11 is 7.52. The summed E-state index contributed by atoms with van der Waals surface area (Å²) in [7, 11) is 0. The van der Waals surface area contributed by atoms with Crippen molar-refractivity contribution in [1.82, 2.24) is 15.2 Å². The molecule has 0 radical (unpaired) electrons. The third kappa shape index (κ3) is 4.43. The maximum Gasteiger partial charge on any atom is 0.140 e. The van der Waals surface area contributed by atoms with Crippen LogP contribution in [0.1, 0.15) is 17.6 Å². The van der Waals surface area contributed by atoms with Gasteiger partial charge in [0.1, 0.15) is 17.4 Å². The number of nitrogens with one attached hydrogen (secondary N) is 1. The lowest BCUT2D eigenvalue weighted by atomic mass is 10.2. The molecule has 2 heterocycles. The van der Waals surface area contributed by atoms with E-state index in [0.29, 0.717) is 17.7 Å². The molecule has 0 aliphatic carbocycles. The molecule has 4 nitrogen and oxygen atoms in total. The van der Waals surface area contributed by atoms with Crippen molar-refractivity contribution in [3.05, 3.63) is 45.4 Å². The first-order valence-corrected chi connectivity index (χ1v) is 8.72. The van der Waals surface area contributed by atoms with Gasteiger partial charge in [-0.25, -0.2) is 4.98 Å². The number of thiazole rings is 1. The fourth-order valence-corrected chi connectivity index (χ4v) is 3.37. The van der Waals surface area contributed by atoms with Crippen LogP contribution in [-0.4, -0.2) is 35.6 Å². The van der Waals surface area contributed by atoms with E-state index >= 15 is 0 Å². The molecule has 1 saturated heterocycles. The number of benzene rings is 1. The number of rotatable bonds is 5. The molecule has 1 atom stereocenters. The van der Waals surface area contributed by atoms with Gasteiger partial charge >= 0.3 is 0 Å². The number of nitrogens with zero attached hydrogens (tertiary/aromatic N) is 2. The van der Waals surface area contributed by atoms with Crippen molar-refractivity contribution in [2.75, 3.05) is 19.6 Å². The van der Waals surface area contributed by atoms with Crippen LogP contribution in [0.3, 0.4) is 0 Å². The van der Waals surface area contributed by atoms with Crippen LogP contribution in [0.15, 0.2) is 29.6 Å². The Morgan fingerprint density at radius 1 is 1.41 bits per heavy atom. The van der Waals surface area contributed by atoms with Crippen molar-refractivity contribution in [3.8, 4) is 5.75 Å². The zero-order valence-electron chi connectivity index (χ0n) is 12.6. The highest BCUT2D eigenvalue weighted by molar-refractivity contribution is 7.09. The first-order chi connectivity index (χ1) is 10.7. The van der Waals surface area contributed by atoms with E-state index in [9.17, 15) is 0 Å². The van der Waals surface area contributed by atoms with Crippen molar-refractivity contribution in [2.24, 2.45) is 0 Å². The quantitative estimate of drug-likeness (QED) is 0.909. The number of ether oxygens (including phenoxy) is 1. The van der Waals surface area contributed by atoms with Gasteiger partial charge in [-0.3, -0.25) is 4.90 Å². The fraction of sp³-hybridized carbons (Fsp3) is 0.438. The molecule has 3 rings (SSSR count). The summed E-state index contributed by atoms with van der Waals surface area (Å²) < 4.78 is 5.73. The van der Waals surface area contributed by atoms with Crippen molar-refractivity contribution in [1.29, 1.82) is 0 Å². The third-order valence-electron chi connectivity index (χ3n) is 3.61. The van der Waals surface area contributed by atoms with Gasteiger partial charge in [0.25, 0.3) is 0 Å². The van der Waals surface area contributed by atoms with E-state index in [1.165, 1.54) is 0 Å². The monoisotopic (exact) mass is 337 g/mol. The first kappa shape index (κ1) is 15.7. The van der Waals surface area contributed by atoms with Crippen molar-refractivity contribution < 1.29 is 4.74 Å². The zero-order valence-corrected chi connectivity index (χ0v) is 14.2. The van der Waals surface area contributed by atoms with Gasteiger partial charge in [-0.1, -0.05) is 11.6 Å². The Morgan fingerprint density at radius 3 is 3.00 bits per heavy atom. The number of aromatic nitrogens is 1. The predicted octanol–water partition coefficient (Wildman–Crippen LogP) is 3.17. The van der Waals surface area contributed by atoms with Gasteiger partial charge in [-0.05, 0) is 31.2 Å². The number of hydrogen-bond acceptors (Lipinski definition) is 5. The van der Waals surface area contributed by atoms with Gasteiger partial charge in [-0.2, -0.15) is 0 Å². The zero-order chi connectivity index (χ0) is 15.4. The topological polar surface area (TPSA) is 37.4 Å². The van der Waals surface area contributed by atoms with Gasteiger partial charge in [0.15, 0.2) is 0 Å². The number of halogens is 1. The van der Waals surface area contributed by atoms with Crippen molar-refractivity contribution in [3.63, 3.8) is 0 Å². The van der Waals surface area contributed by atoms with E-state index < -0.39 is 0 Å². The molecule has 1 aromatic carbocycles. The normalized spacial score (nSPS) is 19.3. The lowest BCUT2D eigenvalue weighted by Crippen LogP contribution is -2.48. The Kier molecular flexibility index (Phi) is 5.31. The second-order valence-corrected chi connectivity index (χ2v) is 6.94. The molecular weight excluding hydrogens is 318 g/mol. The Morgan fingerprint density at radius 2 is 2.23 bits per heavy atom. The molecule has 2 aromatic rings. The summed E-state index contributed by atoms with van der Waals surface area (Å²) in [6.07, 6.45) is 0. The van der Waals surface area contributed by atoms with E-state index in [1.807, 2.05) is 24.3 Å². The van der Waals surface area contributed by atoms with Crippen LogP contribution >= 0.6 is 22.9 Å². The summed E-state index contributed by atoms with van der Waals surface area (Å²) in [5.41, 5.74) is 1.13. The Bertz CT molecular complexity index is 602. The predicted molar refractivity (Wildman–Crippen MR) is 90.6 cm³/mol. The summed E-state index contributed by atoms with van der Waals surface area (Å²) in [6, 6.07) is 7.96. The molecule has 0 spiro atoms. The lowest BCUT2D eigenvalue weighted by Gasteiger charge is -2.31. The molecule has 0 saturated carbocycles. The van der Waals surface area contributed by atoms with Crippen molar-refractivity contribution in [2.45, 2.75) is 26.1 Å². The molecule has 22 heavy (non-hydrogen) atoms. The second-order valence-electron chi connectivity index (χ2n) is 5.57. The van der Waals surface area contributed by atoms with Crippen LogP contribution in [0, 0.1) is 0 Å². The highest BCUT2D eigenvalue weighted by Crippen LogP contribution is 2.19. The minimum absolute atomic E-state index is 0.504. The Labute approximate surface area is 140 Å². The molecule has 1 aliphatic rings. The van der Waals surface area contributed by atoms with Gasteiger partial charge in [-0.15, -0.1) is 11.3 Å². The highest BCUT2D eigenvalue weighted by Gasteiger charge is 2.16. The average Bonchev–Trinajstić information content (AvgIpc) is 2.94. The smallest absolute Gasteiger partial charge is 0.140 e. The van der Waals surface area contributed by atoms with Crippen LogP contribution in [0.5, 0.6) is 5.75 Å². The largest absolute Gasteiger partial charge is 0.486 e. The van der Waals surface area contributed by atoms with Gasteiger partial charge in [0, 0.05) is 42.6 Å². The van der Waals surface area contributed by atoms with Gasteiger partial charge in [0.2, 0.25) is 0 Å². The maximum atomic E-state index is 5.86. The molecule has 0 bridgehead atoms. The summed E-state index contributed by atoms with van der Waals surface area (Å²) in [4.78, 5) is 7.11. The molecular formula is C16H20ClN3OS. The van der Waals surface area contributed by atoms with E-state index in [-0.39, 0.29) is 0 Å². The molecule has 1 N–H and O–H groups in total. The molecule has 1 aromatic heterocycles. The summed E-state index contributed by atoms with van der Waals surface area (Å²) in [5, 5.41) is 7.31. The number of piperazine rings is 1. The molecule has 1 aliphatic heterocycles. The van der Waals surface area contributed by atoms with E-state index in [1.54, 1.807) is 11.3 Å². The average molecular weight is 338 g/mol. The van der Waals surface area contributed by atoms with Crippen LogP contribution in [0.2, 0.25) is 5.02 Å². The first-order valence-electron chi connectivity index (χ1n) is 7.46. The molecule has 1 fully saturated rings. The van der Waals surface area contributed by atoms with Gasteiger partial charge < -0.3 is 10.1 Å². The van der Waals surface area contributed by atoms with Crippen LogP contribution < -0.4 is 10.1 Å². The molecule has 0 amide bonds. The van der Waals surface area contributed by atoms with E-state index in [0.717, 1.165) is 42.6 Å².